The maximum atomic E-state index is 13.9. The first kappa shape index (κ1) is 14.3. The highest BCUT2D eigenvalue weighted by molar-refractivity contribution is 5.90. The molecule has 2 aliphatic heterocycles. The zero-order chi connectivity index (χ0) is 14.8. The second kappa shape index (κ2) is 6.02. The Bertz CT molecular complexity index is 535. The fraction of sp³-hybridized carbons (Fsp3) is 0.562. The Balaban J connectivity index is 1.70. The van der Waals surface area contributed by atoms with Crippen LogP contribution in [0.25, 0.3) is 0 Å². The summed E-state index contributed by atoms with van der Waals surface area (Å²) in [6.07, 6.45) is 4.56. The van der Waals surface area contributed by atoms with E-state index in [0.717, 1.165) is 19.4 Å². The number of carbonyl (C=O) groups is 1. The predicted molar refractivity (Wildman–Crippen MR) is 79.0 cm³/mol. The van der Waals surface area contributed by atoms with Crippen molar-refractivity contribution in [2.75, 3.05) is 25.5 Å². The summed E-state index contributed by atoms with van der Waals surface area (Å²) < 4.78 is 18.6. The molecule has 2 unspecified atom stereocenters. The van der Waals surface area contributed by atoms with Crippen molar-refractivity contribution in [3.8, 4) is 0 Å². The highest BCUT2D eigenvalue weighted by atomic mass is 19.1. The molecule has 2 heterocycles. The van der Waals surface area contributed by atoms with Crippen molar-refractivity contribution in [1.29, 1.82) is 0 Å². The fourth-order valence-electron chi connectivity index (χ4n) is 3.46. The van der Waals surface area contributed by atoms with Gasteiger partial charge in [0.15, 0.2) is 0 Å². The fourth-order valence-corrected chi connectivity index (χ4v) is 3.46. The zero-order valence-electron chi connectivity index (χ0n) is 12.3. The number of methoxy groups -OCH3 is 1. The Morgan fingerprint density at radius 1 is 1.38 bits per heavy atom. The Morgan fingerprint density at radius 2 is 2.24 bits per heavy atom. The number of rotatable bonds is 3. The highest BCUT2D eigenvalue weighted by Gasteiger charge is 2.31. The number of halogens is 1. The molecule has 5 heteroatoms. The molecule has 0 radical (unpaired) electrons. The molecule has 3 rings (SSSR count). The first-order chi connectivity index (χ1) is 10.2. The van der Waals surface area contributed by atoms with Crippen LogP contribution >= 0.6 is 0 Å². The second-order valence-electron chi connectivity index (χ2n) is 5.88. The number of esters is 1. The van der Waals surface area contributed by atoms with Crippen molar-refractivity contribution in [3.63, 3.8) is 0 Å². The summed E-state index contributed by atoms with van der Waals surface area (Å²) in [5, 5.41) is 3.27. The van der Waals surface area contributed by atoms with E-state index in [9.17, 15) is 9.18 Å². The third-order valence-electron chi connectivity index (χ3n) is 4.57. The summed E-state index contributed by atoms with van der Waals surface area (Å²) in [4.78, 5) is 14.1. The number of anilines is 1. The average Bonchev–Trinajstić information content (AvgIpc) is 2.96. The van der Waals surface area contributed by atoms with E-state index in [1.165, 1.54) is 38.6 Å². The lowest BCUT2D eigenvalue weighted by Gasteiger charge is -2.35. The molecule has 0 bridgehead atoms. The summed E-state index contributed by atoms with van der Waals surface area (Å²) >= 11 is 0. The molecular weight excluding hydrogens is 271 g/mol. The molecule has 1 aromatic rings. The lowest BCUT2D eigenvalue weighted by atomic mass is 9.97. The van der Waals surface area contributed by atoms with E-state index < -0.39 is 5.97 Å². The van der Waals surface area contributed by atoms with E-state index in [2.05, 4.69) is 15.0 Å². The molecule has 2 atom stereocenters. The zero-order valence-corrected chi connectivity index (χ0v) is 12.3. The monoisotopic (exact) mass is 292 g/mol. The van der Waals surface area contributed by atoms with Gasteiger partial charge in [0.05, 0.1) is 18.4 Å². The van der Waals surface area contributed by atoms with Gasteiger partial charge < -0.3 is 15.0 Å². The van der Waals surface area contributed by atoms with Gasteiger partial charge in [-0.25, -0.2) is 9.18 Å². The number of hydrogen-bond donors (Lipinski definition) is 1. The van der Waals surface area contributed by atoms with Crippen LogP contribution < -0.4 is 5.32 Å². The van der Waals surface area contributed by atoms with Crippen LogP contribution in [0.15, 0.2) is 18.2 Å². The number of fused-ring (bicyclic) bond motifs is 1. The number of benzene rings is 1. The summed E-state index contributed by atoms with van der Waals surface area (Å²) in [6, 6.07) is 5.21. The van der Waals surface area contributed by atoms with Crippen molar-refractivity contribution >= 4 is 11.7 Å². The van der Waals surface area contributed by atoms with Crippen LogP contribution in [0.1, 0.15) is 36.0 Å². The third-order valence-corrected chi connectivity index (χ3v) is 4.57. The van der Waals surface area contributed by atoms with Crippen LogP contribution in [-0.4, -0.2) is 43.2 Å². The van der Waals surface area contributed by atoms with Gasteiger partial charge in [0.25, 0.3) is 0 Å². The summed E-state index contributed by atoms with van der Waals surface area (Å²) in [5.41, 5.74) is 0.772. The highest BCUT2D eigenvalue weighted by Crippen LogP contribution is 2.29. The quantitative estimate of drug-likeness (QED) is 0.870. The van der Waals surface area contributed by atoms with E-state index >= 15 is 0 Å². The maximum absolute atomic E-state index is 13.9. The summed E-state index contributed by atoms with van der Waals surface area (Å²) in [6.45, 7) is 2.27. The van der Waals surface area contributed by atoms with Crippen LogP contribution in [0.3, 0.4) is 0 Å². The predicted octanol–water partition coefficient (Wildman–Crippen LogP) is 2.65. The Labute approximate surface area is 124 Å². The standard InChI is InChI=1S/C16H21FN2O2/c1-21-16(20)11-4-5-14(17)15(9-11)18-12-6-8-19-7-2-3-13(19)10-12/h4-5,9,12-13,18H,2-3,6-8,10H2,1H3. The normalized spacial score (nSPS) is 25.4. The number of carbonyl (C=O) groups excluding carboxylic acids is 1. The molecule has 0 aliphatic carbocycles. The van der Waals surface area contributed by atoms with Gasteiger partial charge in [0, 0.05) is 18.6 Å². The third kappa shape index (κ3) is 3.02. The van der Waals surface area contributed by atoms with E-state index in [1.54, 1.807) is 6.07 Å². The van der Waals surface area contributed by atoms with Crippen LogP contribution in [-0.2, 0) is 4.74 Å². The summed E-state index contributed by atoms with van der Waals surface area (Å²) in [7, 11) is 1.33. The van der Waals surface area contributed by atoms with Gasteiger partial charge in [-0.1, -0.05) is 0 Å². The van der Waals surface area contributed by atoms with Crippen molar-refractivity contribution < 1.29 is 13.9 Å². The minimum absolute atomic E-state index is 0.270. The second-order valence-corrected chi connectivity index (χ2v) is 5.88. The van der Waals surface area contributed by atoms with Crippen molar-refractivity contribution in [2.45, 2.75) is 37.8 Å². The summed E-state index contributed by atoms with van der Waals surface area (Å²) in [5.74, 6) is -0.764. The Morgan fingerprint density at radius 3 is 3.05 bits per heavy atom. The number of hydrogen-bond acceptors (Lipinski definition) is 4. The smallest absolute Gasteiger partial charge is 0.337 e. The number of piperidine rings is 1. The van der Waals surface area contributed by atoms with Crippen LogP contribution in [0.4, 0.5) is 10.1 Å². The molecule has 114 valence electrons. The van der Waals surface area contributed by atoms with Gasteiger partial charge in [0.2, 0.25) is 0 Å². The molecule has 1 aromatic carbocycles. The Kier molecular flexibility index (Phi) is 4.10. The maximum Gasteiger partial charge on any atom is 0.337 e. The first-order valence-corrected chi connectivity index (χ1v) is 7.56. The van der Waals surface area contributed by atoms with Gasteiger partial charge in [-0.2, -0.15) is 0 Å². The van der Waals surface area contributed by atoms with Crippen molar-refractivity contribution in [3.05, 3.63) is 29.6 Å². The van der Waals surface area contributed by atoms with Gasteiger partial charge in [-0.15, -0.1) is 0 Å². The molecule has 2 aliphatic rings. The molecule has 4 nitrogen and oxygen atoms in total. The number of nitrogens with zero attached hydrogens (tertiary/aromatic N) is 1. The molecule has 21 heavy (non-hydrogen) atoms. The molecule has 1 N–H and O–H groups in total. The molecule has 2 fully saturated rings. The first-order valence-electron chi connectivity index (χ1n) is 7.56. The van der Waals surface area contributed by atoms with E-state index in [-0.39, 0.29) is 11.9 Å². The molecule has 0 spiro atoms. The number of ether oxygens (including phenoxy) is 1. The van der Waals surface area contributed by atoms with Gasteiger partial charge in [0.1, 0.15) is 5.82 Å². The molecule has 0 amide bonds. The largest absolute Gasteiger partial charge is 0.465 e. The molecule has 0 saturated carbocycles. The molecular formula is C16H21FN2O2. The van der Waals surface area contributed by atoms with E-state index in [0.29, 0.717) is 17.3 Å². The van der Waals surface area contributed by atoms with Crippen LogP contribution in [0.2, 0.25) is 0 Å². The average molecular weight is 292 g/mol. The van der Waals surface area contributed by atoms with E-state index in [4.69, 9.17) is 0 Å². The topological polar surface area (TPSA) is 41.6 Å². The lowest BCUT2D eigenvalue weighted by Crippen LogP contribution is -2.42. The minimum atomic E-state index is -0.441. The molecule has 2 saturated heterocycles. The van der Waals surface area contributed by atoms with E-state index in [1.807, 2.05) is 0 Å². The van der Waals surface area contributed by atoms with Gasteiger partial charge in [-0.05, 0) is 50.4 Å². The minimum Gasteiger partial charge on any atom is -0.465 e. The SMILES string of the molecule is COC(=O)c1ccc(F)c(NC2CCN3CCCC3C2)c1. The van der Waals surface area contributed by atoms with Crippen molar-refractivity contribution in [2.24, 2.45) is 0 Å². The van der Waals surface area contributed by atoms with Gasteiger partial charge >= 0.3 is 5.97 Å². The van der Waals surface area contributed by atoms with Crippen molar-refractivity contribution in [1.82, 2.24) is 4.90 Å². The molecule has 0 aromatic heterocycles. The van der Waals surface area contributed by atoms with Crippen LogP contribution in [0, 0.1) is 5.82 Å². The Hall–Kier alpha value is -1.62. The lowest BCUT2D eigenvalue weighted by molar-refractivity contribution is 0.0600. The van der Waals surface area contributed by atoms with Gasteiger partial charge in [-0.3, -0.25) is 0 Å². The van der Waals surface area contributed by atoms with Crippen LogP contribution in [0.5, 0.6) is 0 Å². The number of nitrogens with one attached hydrogen (secondary N) is 1.